The summed E-state index contributed by atoms with van der Waals surface area (Å²) in [5, 5.41) is 0. The van der Waals surface area contributed by atoms with E-state index >= 15 is 0 Å². The van der Waals surface area contributed by atoms with Gasteiger partial charge < -0.3 is 0 Å². The van der Waals surface area contributed by atoms with Crippen molar-refractivity contribution in [2.75, 3.05) is 36.7 Å². The number of thioether (sulfide) groups is 1. The minimum absolute atomic E-state index is 1.28. The molecule has 0 spiro atoms. The Morgan fingerprint density at radius 3 is 2.44 bits per heavy atom. The molecule has 0 atom stereocenters. The van der Waals surface area contributed by atoms with Gasteiger partial charge in [-0.25, -0.2) is 0 Å². The molecule has 0 radical (unpaired) electrons. The molecule has 0 aliphatic carbocycles. The Labute approximate surface area is 116 Å². The van der Waals surface area contributed by atoms with Crippen LogP contribution in [0.15, 0.2) is 30.3 Å². The SMILES string of the molecule is CP1(I)(CCc2ccccc2)CCSCC1. The third kappa shape index (κ3) is 3.61. The number of benzene rings is 1. The monoisotopic (exact) mass is 366 g/mol. The molecule has 0 aromatic heterocycles. The predicted octanol–water partition coefficient (Wildman–Crippen LogP) is 4.51. The summed E-state index contributed by atoms with van der Waals surface area (Å²) in [5.41, 5.74) is 1.52. The van der Waals surface area contributed by atoms with Gasteiger partial charge in [-0.2, -0.15) is 0 Å². The van der Waals surface area contributed by atoms with Crippen molar-refractivity contribution in [3.05, 3.63) is 35.9 Å². The van der Waals surface area contributed by atoms with E-state index in [9.17, 15) is 0 Å². The number of aryl methyl sites for hydroxylation is 1. The quantitative estimate of drug-likeness (QED) is 0.560. The molecule has 1 aromatic carbocycles. The molecule has 0 saturated carbocycles. The van der Waals surface area contributed by atoms with E-state index in [1.54, 1.807) is 0 Å². The van der Waals surface area contributed by atoms with Crippen LogP contribution in [0.25, 0.3) is 0 Å². The Kier molecular flexibility index (Phi) is 4.24. The summed E-state index contributed by atoms with van der Waals surface area (Å²) in [6.07, 6.45) is 5.70. The van der Waals surface area contributed by atoms with E-state index in [2.05, 4.69) is 70.8 Å². The first-order valence-corrected chi connectivity index (χ1v) is 13.1. The third-order valence-corrected chi connectivity index (χ3v) is 13.9. The Balaban J connectivity index is 1.98. The molecular weight excluding hydrogens is 346 g/mol. The van der Waals surface area contributed by atoms with Crippen molar-refractivity contribution in [2.45, 2.75) is 6.42 Å². The Morgan fingerprint density at radius 1 is 1.19 bits per heavy atom. The molecule has 1 fully saturated rings. The molecule has 0 N–H and O–H groups in total. The van der Waals surface area contributed by atoms with Crippen LogP contribution in [0.3, 0.4) is 0 Å². The number of hydrogen-bond donors (Lipinski definition) is 0. The van der Waals surface area contributed by atoms with Gasteiger partial charge in [0.25, 0.3) is 0 Å². The first-order valence-electron chi connectivity index (χ1n) is 5.91. The maximum absolute atomic E-state index is 2.87. The van der Waals surface area contributed by atoms with Gasteiger partial charge in [-0.15, -0.1) is 0 Å². The topological polar surface area (TPSA) is 0 Å². The summed E-state index contributed by atoms with van der Waals surface area (Å²) >= 11 is 5.01. The molecule has 2 rings (SSSR count). The number of hydrogen-bond acceptors (Lipinski definition) is 1. The van der Waals surface area contributed by atoms with Gasteiger partial charge >= 0.3 is 117 Å². The summed E-state index contributed by atoms with van der Waals surface area (Å²) in [6, 6.07) is 11.0. The Bertz CT molecular complexity index is 340. The molecule has 0 bridgehead atoms. The first-order chi connectivity index (χ1) is 7.57. The van der Waals surface area contributed by atoms with Crippen molar-refractivity contribution in [3.63, 3.8) is 0 Å². The van der Waals surface area contributed by atoms with E-state index in [0.717, 1.165) is 0 Å². The Morgan fingerprint density at radius 2 is 1.81 bits per heavy atom. The second-order valence-corrected chi connectivity index (χ2v) is 21.1. The molecule has 3 heteroatoms. The minimum atomic E-state index is -1.34. The fourth-order valence-electron chi connectivity index (χ4n) is 2.16. The molecule has 0 amide bonds. The summed E-state index contributed by atoms with van der Waals surface area (Å²) in [7, 11) is 0. The van der Waals surface area contributed by atoms with Gasteiger partial charge in [0.2, 0.25) is 0 Å². The van der Waals surface area contributed by atoms with Gasteiger partial charge in [-0.05, 0) is 0 Å². The number of halogens is 1. The second kappa shape index (κ2) is 5.16. The van der Waals surface area contributed by atoms with Gasteiger partial charge in [0, 0.05) is 0 Å². The third-order valence-electron chi connectivity index (χ3n) is 3.59. The van der Waals surface area contributed by atoms with Crippen LogP contribution in [0.4, 0.5) is 0 Å². The molecule has 90 valence electrons. The normalized spacial score (nSPS) is 25.5. The zero-order valence-corrected chi connectivity index (χ0v) is 13.7. The Hall–Kier alpha value is 0.730. The van der Waals surface area contributed by atoms with Crippen LogP contribution in [0.2, 0.25) is 0 Å². The van der Waals surface area contributed by atoms with E-state index < -0.39 is 4.25 Å². The molecule has 1 saturated heterocycles. The molecule has 1 heterocycles. The van der Waals surface area contributed by atoms with Gasteiger partial charge in [0.1, 0.15) is 0 Å². The fraction of sp³-hybridized carbons (Fsp3) is 0.538. The van der Waals surface area contributed by atoms with Crippen LogP contribution in [0.1, 0.15) is 5.56 Å². The zero-order chi connectivity index (χ0) is 11.5. The zero-order valence-electron chi connectivity index (χ0n) is 9.86. The summed E-state index contributed by atoms with van der Waals surface area (Å²) in [5.74, 6) is 2.79. The van der Waals surface area contributed by atoms with E-state index in [1.807, 2.05) is 0 Å². The average molecular weight is 366 g/mol. The molecule has 16 heavy (non-hydrogen) atoms. The van der Waals surface area contributed by atoms with Crippen molar-refractivity contribution in [3.8, 4) is 0 Å². The number of rotatable bonds is 3. The summed E-state index contributed by atoms with van der Waals surface area (Å²) in [6.45, 7) is 2.61. The van der Waals surface area contributed by atoms with Gasteiger partial charge in [0.15, 0.2) is 0 Å². The van der Waals surface area contributed by atoms with Crippen LogP contribution >= 0.6 is 38.0 Å². The van der Waals surface area contributed by atoms with E-state index in [1.165, 1.54) is 42.0 Å². The van der Waals surface area contributed by atoms with Crippen molar-refractivity contribution in [2.24, 2.45) is 0 Å². The van der Waals surface area contributed by atoms with Gasteiger partial charge in [-0.3, -0.25) is 0 Å². The molecule has 0 unspecified atom stereocenters. The molecular formula is C13H20IPS. The van der Waals surface area contributed by atoms with Gasteiger partial charge in [0.05, 0.1) is 0 Å². The van der Waals surface area contributed by atoms with Crippen LogP contribution in [0, 0.1) is 0 Å². The van der Waals surface area contributed by atoms with Crippen molar-refractivity contribution in [1.82, 2.24) is 0 Å². The molecule has 1 aromatic rings. The first kappa shape index (κ1) is 13.2. The molecule has 0 nitrogen and oxygen atoms in total. The van der Waals surface area contributed by atoms with Crippen LogP contribution in [-0.4, -0.2) is 36.7 Å². The van der Waals surface area contributed by atoms with Gasteiger partial charge in [-0.1, -0.05) is 0 Å². The summed E-state index contributed by atoms with van der Waals surface area (Å²) < 4.78 is -1.34. The van der Waals surface area contributed by atoms with Crippen LogP contribution in [-0.2, 0) is 6.42 Å². The second-order valence-electron chi connectivity index (χ2n) is 5.17. The van der Waals surface area contributed by atoms with Crippen LogP contribution in [0.5, 0.6) is 0 Å². The van der Waals surface area contributed by atoms with E-state index in [0.29, 0.717) is 0 Å². The van der Waals surface area contributed by atoms with E-state index in [4.69, 9.17) is 0 Å². The average Bonchev–Trinajstić information content (AvgIpc) is 2.29. The molecule has 1 aliphatic rings. The van der Waals surface area contributed by atoms with Crippen molar-refractivity contribution >= 4 is 38.0 Å². The summed E-state index contributed by atoms with van der Waals surface area (Å²) in [4.78, 5) is 0. The standard InChI is InChI=1S/C13H20IPS/c1-15(14,9-11-16-12-10-15)8-7-13-5-3-2-4-6-13/h2-6H,7-12H2,1H3. The predicted molar refractivity (Wildman–Crippen MR) is 88.9 cm³/mol. The van der Waals surface area contributed by atoms with Crippen molar-refractivity contribution < 1.29 is 0 Å². The van der Waals surface area contributed by atoms with E-state index in [-0.39, 0.29) is 0 Å². The fourth-order valence-corrected chi connectivity index (χ4v) is 13.3. The van der Waals surface area contributed by atoms with Crippen molar-refractivity contribution in [1.29, 1.82) is 0 Å². The van der Waals surface area contributed by atoms with Crippen LogP contribution < -0.4 is 0 Å². The molecule has 1 aliphatic heterocycles. The maximum atomic E-state index is 2.87.